The van der Waals surface area contributed by atoms with Crippen LogP contribution < -0.4 is 0 Å². The number of nitro benzene ring substituents is 2. The van der Waals surface area contributed by atoms with E-state index in [1.54, 1.807) is 0 Å². The molecule has 0 amide bonds. The first kappa shape index (κ1) is 12.9. The molecule has 7 heteroatoms. The highest BCUT2D eigenvalue weighted by molar-refractivity contribution is 5.57. The Morgan fingerprint density at radius 1 is 1.18 bits per heavy atom. The van der Waals surface area contributed by atoms with Crippen LogP contribution in [0.2, 0.25) is 0 Å². The summed E-state index contributed by atoms with van der Waals surface area (Å²) in [5, 5.41) is 30.7. The van der Waals surface area contributed by atoms with Crippen LogP contribution in [0.5, 0.6) is 5.75 Å². The second-order valence-corrected chi connectivity index (χ2v) is 4.08. The molecular weight excluding hydrogens is 228 g/mol. The Bertz CT molecular complexity index is 470. The van der Waals surface area contributed by atoms with Crippen molar-refractivity contribution in [1.29, 1.82) is 0 Å². The molecule has 7 nitrogen and oxygen atoms in total. The molecule has 1 aromatic rings. The second kappa shape index (κ2) is 4.77. The molecule has 0 heterocycles. The monoisotopic (exact) mass is 240 g/mol. The van der Waals surface area contributed by atoms with Crippen LogP contribution in [0.4, 0.5) is 11.4 Å². The van der Waals surface area contributed by atoms with Gasteiger partial charge in [0.2, 0.25) is 5.75 Å². The Kier molecular flexibility index (Phi) is 3.62. The van der Waals surface area contributed by atoms with Crippen molar-refractivity contribution in [3.8, 4) is 5.75 Å². The van der Waals surface area contributed by atoms with Crippen LogP contribution in [0.25, 0.3) is 0 Å². The number of phenols is 1. The first-order valence-corrected chi connectivity index (χ1v) is 4.97. The molecule has 0 unspecified atom stereocenters. The highest BCUT2D eigenvalue weighted by Crippen LogP contribution is 2.34. The zero-order valence-corrected chi connectivity index (χ0v) is 9.41. The van der Waals surface area contributed by atoms with Crippen molar-refractivity contribution in [2.75, 3.05) is 0 Å². The lowest BCUT2D eigenvalue weighted by molar-refractivity contribution is -0.390. The van der Waals surface area contributed by atoms with Crippen LogP contribution in [0, 0.1) is 26.1 Å². The molecule has 1 rings (SSSR count). The van der Waals surface area contributed by atoms with Gasteiger partial charge < -0.3 is 5.11 Å². The van der Waals surface area contributed by atoms with E-state index in [0.29, 0.717) is 6.42 Å². The second-order valence-electron chi connectivity index (χ2n) is 4.08. The van der Waals surface area contributed by atoms with E-state index in [4.69, 9.17) is 0 Å². The van der Waals surface area contributed by atoms with Crippen LogP contribution in [0.15, 0.2) is 12.1 Å². The fourth-order valence-electron chi connectivity index (χ4n) is 1.53. The summed E-state index contributed by atoms with van der Waals surface area (Å²) in [4.78, 5) is 20.0. The summed E-state index contributed by atoms with van der Waals surface area (Å²) in [5.41, 5.74) is -0.539. The van der Waals surface area contributed by atoms with Crippen LogP contribution in [-0.4, -0.2) is 15.0 Å². The molecule has 0 radical (unpaired) electrons. The molecule has 0 atom stereocenters. The third kappa shape index (κ3) is 2.90. The van der Waals surface area contributed by atoms with Crippen molar-refractivity contribution in [3.63, 3.8) is 0 Å². The van der Waals surface area contributed by atoms with Crippen molar-refractivity contribution in [1.82, 2.24) is 0 Å². The Hall–Kier alpha value is -2.18. The highest BCUT2D eigenvalue weighted by Gasteiger charge is 2.23. The minimum Gasteiger partial charge on any atom is -0.502 e. The SMILES string of the molecule is CC(C)Cc1cc([N+](=O)[O-])c(O)cc1[N+](=O)[O-]. The molecule has 0 saturated heterocycles. The molecule has 0 aromatic heterocycles. The number of nitrogens with zero attached hydrogens (tertiary/aromatic N) is 2. The molecule has 17 heavy (non-hydrogen) atoms. The lowest BCUT2D eigenvalue weighted by atomic mass is 10.0. The van der Waals surface area contributed by atoms with E-state index in [0.717, 1.165) is 12.1 Å². The molecule has 1 N–H and O–H groups in total. The van der Waals surface area contributed by atoms with E-state index in [1.807, 2.05) is 13.8 Å². The summed E-state index contributed by atoms with van der Waals surface area (Å²) in [6.07, 6.45) is 0.345. The number of hydrogen-bond donors (Lipinski definition) is 1. The summed E-state index contributed by atoms with van der Waals surface area (Å²) < 4.78 is 0. The average Bonchev–Trinajstić information content (AvgIpc) is 2.18. The van der Waals surface area contributed by atoms with Gasteiger partial charge in [-0.2, -0.15) is 0 Å². The van der Waals surface area contributed by atoms with E-state index < -0.39 is 21.3 Å². The van der Waals surface area contributed by atoms with Crippen molar-refractivity contribution in [3.05, 3.63) is 37.9 Å². The quantitative estimate of drug-likeness (QED) is 0.642. The summed E-state index contributed by atoms with van der Waals surface area (Å²) in [7, 11) is 0. The van der Waals surface area contributed by atoms with Crippen LogP contribution in [-0.2, 0) is 6.42 Å². The number of nitro groups is 2. The van der Waals surface area contributed by atoms with Crippen molar-refractivity contribution in [2.45, 2.75) is 20.3 Å². The third-order valence-corrected chi connectivity index (χ3v) is 2.20. The zero-order valence-electron chi connectivity index (χ0n) is 9.41. The van der Waals surface area contributed by atoms with Crippen LogP contribution in [0.1, 0.15) is 19.4 Å². The minimum atomic E-state index is -0.761. The van der Waals surface area contributed by atoms with Gasteiger partial charge in [-0.1, -0.05) is 13.8 Å². The van der Waals surface area contributed by atoms with E-state index in [2.05, 4.69) is 0 Å². The predicted octanol–water partition coefficient (Wildman–Crippen LogP) is 2.41. The van der Waals surface area contributed by atoms with Gasteiger partial charge >= 0.3 is 5.69 Å². The van der Waals surface area contributed by atoms with Gasteiger partial charge in [-0.25, -0.2) is 0 Å². The van der Waals surface area contributed by atoms with Gasteiger partial charge in [-0.15, -0.1) is 0 Å². The molecule has 92 valence electrons. The molecule has 0 saturated carbocycles. The standard InChI is InChI=1S/C10H12N2O5/c1-6(2)3-7-4-9(12(16)17)10(13)5-8(7)11(14)15/h4-6,13H,3H2,1-2H3. The highest BCUT2D eigenvalue weighted by atomic mass is 16.6. The fraction of sp³-hybridized carbons (Fsp3) is 0.400. The van der Waals surface area contributed by atoms with Gasteiger partial charge in [0.1, 0.15) is 0 Å². The molecule has 0 spiro atoms. The van der Waals surface area contributed by atoms with Gasteiger partial charge in [0, 0.05) is 11.6 Å². The first-order valence-electron chi connectivity index (χ1n) is 4.97. The van der Waals surface area contributed by atoms with E-state index >= 15 is 0 Å². The summed E-state index contributed by atoms with van der Waals surface area (Å²) in [6.45, 7) is 3.70. The van der Waals surface area contributed by atoms with Crippen LogP contribution >= 0.6 is 0 Å². The Labute approximate surface area is 97.0 Å². The topological polar surface area (TPSA) is 107 Å². The molecule has 1 aromatic carbocycles. The molecular formula is C10H12N2O5. The Morgan fingerprint density at radius 3 is 2.12 bits per heavy atom. The maximum absolute atomic E-state index is 10.8. The molecule has 0 aliphatic rings. The number of phenolic OH excluding ortho intramolecular Hbond substituents is 1. The fourth-order valence-corrected chi connectivity index (χ4v) is 1.53. The van der Waals surface area contributed by atoms with Gasteiger partial charge in [0.05, 0.1) is 15.9 Å². The van der Waals surface area contributed by atoms with E-state index in [-0.39, 0.29) is 17.2 Å². The lowest BCUT2D eigenvalue weighted by Crippen LogP contribution is -2.01. The maximum Gasteiger partial charge on any atom is 0.311 e. The maximum atomic E-state index is 10.8. The predicted molar refractivity (Wildman–Crippen MR) is 60.0 cm³/mol. The average molecular weight is 240 g/mol. The number of aromatic hydroxyl groups is 1. The Morgan fingerprint density at radius 2 is 1.71 bits per heavy atom. The molecule has 0 fully saturated rings. The van der Waals surface area contributed by atoms with Gasteiger partial charge in [-0.05, 0) is 12.3 Å². The zero-order chi connectivity index (χ0) is 13.2. The molecule has 0 aliphatic heterocycles. The number of hydrogen-bond acceptors (Lipinski definition) is 5. The lowest BCUT2D eigenvalue weighted by Gasteiger charge is -2.06. The first-order chi connectivity index (χ1) is 7.82. The molecule has 0 bridgehead atoms. The summed E-state index contributed by atoms with van der Waals surface area (Å²) in [6, 6.07) is 1.89. The normalized spacial score (nSPS) is 10.5. The third-order valence-electron chi connectivity index (χ3n) is 2.20. The van der Waals surface area contributed by atoms with Gasteiger partial charge in [0.15, 0.2) is 0 Å². The number of rotatable bonds is 4. The van der Waals surface area contributed by atoms with Crippen molar-refractivity contribution < 1.29 is 15.0 Å². The van der Waals surface area contributed by atoms with E-state index in [1.165, 1.54) is 0 Å². The Balaban J connectivity index is 3.36. The largest absolute Gasteiger partial charge is 0.502 e. The summed E-state index contributed by atoms with van der Waals surface area (Å²) in [5.74, 6) is -0.563. The van der Waals surface area contributed by atoms with Gasteiger partial charge in [-0.3, -0.25) is 20.2 Å². The van der Waals surface area contributed by atoms with Crippen LogP contribution in [0.3, 0.4) is 0 Å². The smallest absolute Gasteiger partial charge is 0.311 e. The minimum absolute atomic E-state index is 0.123. The van der Waals surface area contributed by atoms with Gasteiger partial charge in [0.25, 0.3) is 5.69 Å². The summed E-state index contributed by atoms with van der Waals surface area (Å²) >= 11 is 0. The molecule has 0 aliphatic carbocycles. The number of benzene rings is 1. The van der Waals surface area contributed by atoms with Crippen molar-refractivity contribution in [2.24, 2.45) is 5.92 Å². The van der Waals surface area contributed by atoms with Crippen molar-refractivity contribution >= 4 is 11.4 Å². The van der Waals surface area contributed by atoms with E-state index in [9.17, 15) is 25.3 Å².